The summed E-state index contributed by atoms with van der Waals surface area (Å²) in [5, 5.41) is 1.01. The monoisotopic (exact) mass is 186 g/mol. The Morgan fingerprint density at radius 2 is 2.00 bits per heavy atom. The van der Waals surface area contributed by atoms with E-state index < -0.39 is 0 Å². The lowest BCUT2D eigenvalue weighted by molar-refractivity contribution is 0.111. The van der Waals surface area contributed by atoms with E-state index in [1.54, 1.807) is 0 Å². The SMILES string of the molecule is Cc1nc(C=O)nc2c(C)cccc12. The summed E-state index contributed by atoms with van der Waals surface area (Å²) >= 11 is 0. The van der Waals surface area contributed by atoms with Crippen LogP contribution in [0.3, 0.4) is 0 Å². The summed E-state index contributed by atoms with van der Waals surface area (Å²) in [5.74, 6) is 0.254. The van der Waals surface area contributed by atoms with E-state index in [2.05, 4.69) is 9.97 Å². The molecule has 0 aliphatic heterocycles. The number of rotatable bonds is 1. The first-order valence-electron chi connectivity index (χ1n) is 4.41. The molecule has 0 saturated carbocycles. The van der Waals surface area contributed by atoms with Crippen molar-refractivity contribution in [2.75, 3.05) is 0 Å². The first-order valence-corrected chi connectivity index (χ1v) is 4.41. The summed E-state index contributed by atoms with van der Waals surface area (Å²) in [4.78, 5) is 18.8. The minimum absolute atomic E-state index is 0.254. The van der Waals surface area contributed by atoms with Crippen molar-refractivity contribution < 1.29 is 4.79 Å². The number of fused-ring (bicyclic) bond motifs is 1. The second kappa shape index (κ2) is 3.18. The van der Waals surface area contributed by atoms with E-state index in [-0.39, 0.29) is 5.82 Å². The molecule has 14 heavy (non-hydrogen) atoms. The van der Waals surface area contributed by atoms with Crippen LogP contribution in [0.2, 0.25) is 0 Å². The molecule has 0 aliphatic carbocycles. The summed E-state index contributed by atoms with van der Waals surface area (Å²) in [6, 6.07) is 5.91. The molecule has 1 heterocycles. The average molecular weight is 186 g/mol. The maximum atomic E-state index is 10.6. The minimum Gasteiger partial charge on any atom is -0.294 e. The molecule has 1 aromatic carbocycles. The molecular formula is C11H10N2O. The lowest BCUT2D eigenvalue weighted by Gasteiger charge is -2.03. The second-order valence-electron chi connectivity index (χ2n) is 3.26. The van der Waals surface area contributed by atoms with Gasteiger partial charge in [-0.1, -0.05) is 18.2 Å². The summed E-state index contributed by atoms with van der Waals surface area (Å²) in [7, 11) is 0. The highest BCUT2D eigenvalue weighted by Crippen LogP contribution is 2.17. The van der Waals surface area contributed by atoms with Gasteiger partial charge in [0.25, 0.3) is 0 Å². The van der Waals surface area contributed by atoms with E-state index in [1.165, 1.54) is 0 Å². The van der Waals surface area contributed by atoms with Crippen LogP contribution >= 0.6 is 0 Å². The smallest absolute Gasteiger partial charge is 0.193 e. The summed E-state index contributed by atoms with van der Waals surface area (Å²) in [5.41, 5.74) is 2.78. The molecular weight excluding hydrogens is 176 g/mol. The molecule has 0 fully saturated rings. The quantitative estimate of drug-likeness (QED) is 0.640. The number of para-hydroxylation sites is 1. The molecule has 0 saturated heterocycles. The Labute approximate surface area is 81.8 Å². The van der Waals surface area contributed by atoms with E-state index in [0.717, 1.165) is 22.2 Å². The minimum atomic E-state index is 0.254. The molecule has 3 heteroatoms. The van der Waals surface area contributed by atoms with Crippen LogP contribution in [-0.4, -0.2) is 16.3 Å². The standard InChI is InChI=1S/C11H10N2O/c1-7-4-3-5-9-8(2)12-10(6-14)13-11(7)9/h3-6H,1-2H3. The Hall–Kier alpha value is -1.77. The molecule has 2 rings (SSSR count). The molecule has 2 aromatic rings. The topological polar surface area (TPSA) is 42.9 Å². The van der Waals surface area contributed by atoms with Gasteiger partial charge in [0.1, 0.15) is 0 Å². The number of carbonyl (C=O) groups excluding carboxylic acids is 1. The molecule has 0 atom stereocenters. The molecule has 3 nitrogen and oxygen atoms in total. The molecule has 0 spiro atoms. The van der Waals surface area contributed by atoms with E-state index in [0.29, 0.717) is 6.29 Å². The third kappa shape index (κ3) is 1.27. The average Bonchev–Trinajstić information content (AvgIpc) is 2.19. The molecule has 0 bridgehead atoms. The number of hydrogen-bond acceptors (Lipinski definition) is 3. The van der Waals surface area contributed by atoms with Crippen LogP contribution in [0.4, 0.5) is 0 Å². The highest BCUT2D eigenvalue weighted by Gasteiger charge is 2.04. The van der Waals surface area contributed by atoms with Crippen molar-refractivity contribution in [2.24, 2.45) is 0 Å². The normalized spacial score (nSPS) is 10.4. The Kier molecular flexibility index (Phi) is 2.00. The number of benzene rings is 1. The van der Waals surface area contributed by atoms with Gasteiger partial charge in [-0.25, -0.2) is 9.97 Å². The number of nitrogens with zero attached hydrogens (tertiary/aromatic N) is 2. The lowest BCUT2D eigenvalue weighted by Crippen LogP contribution is -1.97. The van der Waals surface area contributed by atoms with Gasteiger partial charge in [-0.15, -0.1) is 0 Å². The number of hydrogen-bond donors (Lipinski definition) is 0. The van der Waals surface area contributed by atoms with Crippen molar-refractivity contribution >= 4 is 17.2 Å². The van der Waals surface area contributed by atoms with E-state index in [4.69, 9.17) is 0 Å². The van der Waals surface area contributed by atoms with Crippen molar-refractivity contribution in [1.29, 1.82) is 0 Å². The zero-order valence-electron chi connectivity index (χ0n) is 8.11. The van der Waals surface area contributed by atoms with Crippen molar-refractivity contribution in [3.05, 3.63) is 35.3 Å². The van der Waals surface area contributed by atoms with Crippen molar-refractivity contribution in [1.82, 2.24) is 9.97 Å². The van der Waals surface area contributed by atoms with Crippen LogP contribution in [0.25, 0.3) is 10.9 Å². The Morgan fingerprint density at radius 3 is 2.71 bits per heavy atom. The molecule has 0 unspecified atom stereocenters. The third-order valence-corrected chi connectivity index (χ3v) is 2.24. The summed E-state index contributed by atoms with van der Waals surface area (Å²) < 4.78 is 0. The van der Waals surface area contributed by atoms with Gasteiger partial charge in [-0.3, -0.25) is 4.79 Å². The molecule has 0 radical (unpaired) electrons. The number of carbonyl (C=O) groups is 1. The maximum Gasteiger partial charge on any atom is 0.193 e. The summed E-state index contributed by atoms with van der Waals surface area (Å²) in [6.45, 7) is 3.86. The van der Waals surface area contributed by atoms with Crippen molar-refractivity contribution in [3.8, 4) is 0 Å². The highest BCUT2D eigenvalue weighted by atomic mass is 16.1. The van der Waals surface area contributed by atoms with Crippen LogP contribution in [0.1, 0.15) is 21.9 Å². The van der Waals surface area contributed by atoms with Gasteiger partial charge in [0, 0.05) is 11.1 Å². The van der Waals surface area contributed by atoms with Gasteiger partial charge in [0.2, 0.25) is 0 Å². The van der Waals surface area contributed by atoms with Crippen LogP contribution < -0.4 is 0 Å². The predicted octanol–water partition coefficient (Wildman–Crippen LogP) is 2.06. The lowest BCUT2D eigenvalue weighted by atomic mass is 10.1. The zero-order valence-corrected chi connectivity index (χ0v) is 8.11. The van der Waals surface area contributed by atoms with Gasteiger partial charge < -0.3 is 0 Å². The van der Waals surface area contributed by atoms with Crippen LogP contribution in [0, 0.1) is 13.8 Å². The largest absolute Gasteiger partial charge is 0.294 e. The van der Waals surface area contributed by atoms with E-state index in [9.17, 15) is 4.79 Å². The van der Waals surface area contributed by atoms with Crippen molar-refractivity contribution in [3.63, 3.8) is 0 Å². The fraction of sp³-hybridized carbons (Fsp3) is 0.182. The zero-order chi connectivity index (χ0) is 10.1. The Balaban J connectivity index is 2.90. The Bertz CT molecular complexity index is 506. The molecule has 70 valence electrons. The molecule has 0 N–H and O–H groups in total. The van der Waals surface area contributed by atoms with Crippen LogP contribution in [-0.2, 0) is 0 Å². The number of aryl methyl sites for hydroxylation is 2. The van der Waals surface area contributed by atoms with Gasteiger partial charge in [-0.2, -0.15) is 0 Å². The number of aromatic nitrogens is 2. The fourth-order valence-electron chi connectivity index (χ4n) is 1.52. The number of aldehydes is 1. The first kappa shape index (κ1) is 8.81. The predicted molar refractivity (Wildman–Crippen MR) is 54.4 cm³/mol. The van der Waals surface area contributed by atoms with Crippen LogP contribution in [0.5, 0.6) is 0 Å². The van der Waals surface area contributed by atoms with Gasteiger partial charge in [0.05, 0.1) is 5.52 Å². The third-order valence-electron chi connectivity index (χ3n) is 2.24. The van der Waals surface area contributed by atoms with E-state index in [1.807, 2.05) is 32.0 Å². The Morgan fingerprint density at radius 1 is 1.21 bits per heavy atom. The van der Waals surface area contributed by atoms with Crippen LogP contribution in [0.15, 0.2) is 18.2 Å². The van der Waals surface area contributed by atoms with E-state index >= 15 is 0 Å². The highest BCUT2D eigenvalue weighted by molar-refractivity contribution is 5.86. The van der Waals surface area contributed by atoms with Gasteiger partial charge in [-0.05, 0) is 19.4 Å². The second-order valence-corrected chi connectivity index (χ2v) is 3.26. The first-order chi connectivity index (χ1) is 6.72. The molecule has 1 aromatic heterocycles. The molecule has 0 aliphatic rings. The molecule has 0 amide bonds. The van der Waals surface area contributed by atoms with Gasteiger partial charge in [0.15, 0.2) is 12.1 Å². The fourth-order valence-corrected chi connectivity index (χ4v) is 1.52. The van der Waals surface area contributed by atoms with Crippen molar-refractivity contribution in [2.45, 2.75) is 13.8 Å². The van der Waals surface area contributed by atoms with Gasteiger partial charge >= 0.3 is 0 Å². The maximum absolute atomic E-state index is 10.6. The summed E-state index contributed by atoms with van der Waals surface area (Å²) in [6.07, 6.45) is 0.679.